The Kier molecular flexibility index (Phi) is 9.24. The Hall–Kier alpha value is -2.93. The predicted octanol–water partition coefficient (Wildman–Crippen LogP) is 5.25. The van der Waals surface area contributed by atoms with E-state index in [4.69, 9.17) is 17.0 Å². The third-order valence-electron chi connectivity index (χ3n) is 5.82. The first-order chi connectivity index (χ1) is 16.0. The summed E-state index contributed by atoms with van der Waals surface area (Å²) in [7, 11) is 0. The van der Waals surface area contributed by atoms with Crippen LogP contribution in [0.2, 0.25) is 0 Å². The third kappa shape index (κ3) is 7.29. The largest absolute Gasteiger partial charge is 0.493 e. The summed E-state index contributed by atoms with van der Waals surface area (Å²) >= 11 is 5.32. The van der Waals surface area contributed by atoms with Crippen molar-refractivity contribution in [1.29, 1.82) is 0 Å². The minimum Gasteiger partial charge on any atom is -0.493 e. The van der Waals surface area contributed by atoms with Crippen LogP contribution in [0.25, 0.3) is 0 Å². The summed E-state index contributed by atoms with van der Waals surface area (Å²) in [6.07, 6.45) is 5.24. The molecule has 1 aliphatic heterocycles. The van der Waals surface area contributed by atoms with E-state index in [0.29, 0.717) is 35.1 Å². The molecule has 0 aliphatic carbocycles. The maximum atomic E-state index is 12.7. The number of para-hydroxylation sites is 1. The molecule has 0 spiro atoms. The van der Waals surface area contributed by atoms with Gasteiger partial charge in [-0.1, -0.05) is 38.8 Å². The number of anilines is 1. The lowest BCUT2D eigenvalue weighted by Gasteiger charge is -2.30. The van der Waals surface area contributed by atoms with Gasteiger partial charge in [-0.2, -0.15) is 0 Å². The fraction of sp³-hybridized carbons (Fsp3) is 0.423. The molecule has 2 N–H and O–H groups in total. The van der Waals surface area contributed by atoms with Crippen LogP contribution in [0, 0.1) is 5.92 Å². The van der Waals surface area contributed by atoms with E-state index >= 15 is 0 Å². The summed E-state index contributed by atoms with van der Waals surface area (Å²) in [5.74, 6) is 0.949. The molecule has 2 aromatic carbocycles. The van der Waals surface area contributed by atoms with Crippen LogP contribution < -0.4 is 15.4 Å². The Morgan fingerprint density at radius 2 is 1.76 bits per heavy atom. The number of thiocarbonyl (C=S) groups is 1. The Morgan fingerprint density at radius 1 is 1.06 bits per heavy atom. The number of hydrogen-bond acceptors (Lipinski definition) is 4. The summed E-state index contributed by atoms with van der Waals surface area (Å²) in [5, 5.41) is 5.90. The van der Waals surface area contributed by atoms with Crippen LogP contribution in [0.5, 0.6) is 5.75 Å². The highest BCUT2D eigenvalue weighted by atomic mass is 32.1. The number of amides is 2. The molecule has 176 valence electrons. The first kappa shape index (κ1) is 24.7. The SMILES string of the molecule is CCCCCOc1ccccc1C(=O)NC(=S)Nc1ccc(C(=O)N2CCC(C)CC2)cc1. The lowest BCUT2D eigenvalue weighted by molar-refractivity contribution is 0.0697. The standard InChI is InChI=1S/C26H33N3O3S/c1-3-4-7-18-32-23-9-6-5-8-22(23)24(30)28-26(33)27-21-12-10-20(11-13-21)25(31)29-16-14-19(2)15-17-29/h5-6,8-13,19H,3-4,7,14-18H2,1-2H3,(H2,27,28,30,33). The van der Waals surface area contributed by atoms with Crippen LogP contribution in [-0.2, 0) is 0 Å². The second kappa shape index (κ2) is 12.3. The van der Waals surface area contributed by atoms with Gasteiger partial charge >= 0.3 is 0 Å². The maximum Gasteiger partial charge on any atom is 0.261 e. The molecule has 33 heavy (non-hydrogen) atoms. The molecule has 0 atom stereocenters. The molecule has 6 nitrogen and oxygen atoms in total. The van der Waals surface area contributed by atoms with Gasteiger partial charge in [0.15, 0.2) is 5.11 Å². The third-order valence-corrected chi connectivity index (χ3v) is 6.03. The van der Waals surface area contributed by atoms with Gasteiger partial charge in [0.1, 0.15) is 5.75 Å². The number of nitrogens with one attached hydrogen (secondary N) is 2. The van der Waals surface area contributed by atoms with Crippen molar-refractivity contribution in [2.75, 3.05) is 25.0 Å². The average molecular weight is 468 g/mol. The fourth-order valence-electron chi connectivity index (χ4n) is 3.74. The number of benzene rings is 2. The van der Waals surface area contributed by atoms with Gasteiger partial charge in [-0.25, -0.2) is 0 Å². The number of unbranched alkanes of at least 4 members (excludes halogenated alkanes) is 2. The molecule has 1 saturated heterocycles. The Morgan fingerprint density at radius 3 is 2.45 bits per heavy atom. The highest BCUT2D eigenvalue weighted by Gasteiger charge is 2.21. The van der Waals surface area contributed by atoms with Crippen LogP contribution in [-0.4, -0.2) is 41.5 Å². The molecule has 1 fully saturated rings. The molecule has 1 aliphatic rings. The number of piperidine rings is 1. The normalized spacial score (nSPS) is 13.9. The van der Waals surface area contributed by atoms with E-state index in [9.17, 15) is 9.59 Å². The van der Waals surface area contributed by atoms with Gasteiger partial charge in [0.2, 0.25) is 0 Å². The van der Waals surface area contributed by atoms with E-state index in [0.717, 1.165) is 45.2 Å². The Balaban J connectivity index is 1.53. The van der Waals surface area contributed by atoms with E-state index in [1.54, 1.807) is 42.5 Å². The number of ether oxygens (including phenoxy) is 1. The summed E-state index contributed by atoms with van der Waals surface area (Å²) in [4.78, 5) is 27.3. The zero-order chi connectivity index (χ0) is 23.6. The van der Waals surface area contributed by atoms with Crippen LogP contribution >= 0.6 is 12.2 Å². The zero-order valence-corrected chi connectivity index (χ0v) is 20.2. The molecule has 2 aromatic rings. The van der Waals surface area contributed by atoms with Gasteiger partial charge in [0.05, 0.1) is 12.2 Å². The van der Waals surface area contributed by atoms with Crippen molar-refractivity contribution >= 4 is 34.8 Å². The van der Waals surface area contributed by atoms with Crippen molar-refractivity contribution in [3.8, 4) is 5.75 Å². The summed E-state index contributed by atoms with van der Waals surface area (Å²) in [6, 6.07) is 14.3. The van der Waals surface area contributed by atoms with Crippen LogP contribution in [0.15, 0.2) is 48.5 Å². The molecule has 0 bridgehead atoms. The number of carbonyl (C=O) groups excluding carboxylic acids is 2. The highest BCUT2D eigenvalue weighted by molar-refractivity contribution is 7.80. The lowest BCUT2D eigenvalue weighted by atomic mass is 9.98. The minimum absolute atomic E-state index is 0.0554. The summed E-state index contributed by atoms with van der Waals surface area (Å²) in [6.45, 7) is 6.54. The number of rotatable bonds is 8. The molecular weight excluding hydrogens is 434 g/mol. The molecular formula is C26H33N3O3S. The van der Waals surface area contributed by atoms with Gasteiger partial charge in [-0.05, 0) is 73.8 Å². The number of likely N-dealkylation sites (tertiary alicyclic amines) is 1. The van der Waals surface area contributed by atoms with Gasteiger partial charge in [-0.3, -0.25) is 14.9 Å². The molecule has 2 amide bonds. The Bertz CT molecular complexity index is 954. The number of hydrogen-bond donors (Lipinski definition) is 2. The van der Waals surface area contributed by atoms with Crippen LogP contribution in [0.1, 0.15) is 66.7 Å². The lowest BCUT2D eigenvalue weighted by Crippen LogP contribution is -2.37. The number of carbonyl (C=O) groups is 2. The molecule has 1 heterocycles. The van der Waals surface area contributed by atoms with Crippen molar-refractivity contribution in [2.45, 2.75) is 46.0 Å². The van der Waals surface area contributed by atoms with Crippen LogP contribution in [0.4, 0.5) is 5.69 Å². The van der Waals surface area contributed by atoms with E-state index in [2.05, 4.69) is 24.5 Å². The molecule has 0 aromatic heterocycles. The van der Waals surface area contributed by atoms with Crippen LogP contribution in [0.3, 0.4) is 0 Å². The van der Waals surface area contributed by atoms with E-state index in [-0.39, 0.29) is 16.9 Å². The van der Waals surface area contributed by atoms with Gasteiger partial charge in [0, 0.05) is 24.3 Å². The minimum atomic E-state index is -0.329. The summed E-state index contributed by atoms with van der Waals surface area (Å²) in [5.41, 5.74) is 1.79. The summed E-state index contributed by atoms with van der Waals surface area (Å²) < 4.78 is 5.79. The molecule has 0 unspecified atom stereocenters. The monoisotopic (exact) mass is 467 g/mol. The first-order valence-corrected chi connectivity index (χ1v) is 12.1. The van der Waals surface area contributed by atoms with Gasteiger partial charge < -0.3 is 15.0 Å². The van der Waals surface area contributed by atoms with Crippen molar-refractivity contribution in [3.05, 3.63) is 59.7 Å². The van der Waals surface area contributed by atoms with Crippen molar-refractivity contribution in [1.82, 2.24) is 10.2 Å². The first-order valence-electron chi connectivity index (χ1n) is 11.7. The molecule has 0 saturated carbocycles. The Labute approximate surface area is 201 Å². The molecule has 0 radical (unpaired) electrons. The van der Waals surface area contributed by atoms with Crippen molar-refractivity contribution in [3.63, 3.8) is 0 Å². The zero-order valence-electron chi connectivity index (χ0n) is 19.4. The van der Waals surface area contributed by atoms with Crippen molar-refractivity contribution < 1.29 is 14.3 Å². The smallest absolute Gasteiger partial charge is 0.261 e. The second-order valence-electron chi connectivity index (χ2n) is 8.51. The van der Waals surface area contributed by atoms with Gasteiger partial charge in [0.25, 0.3) is 11.8 Å². The van der Waals surface area contributed by atoms with E-state index in [1.807, 2.05) is 11.0 Å². The maximum absolute atomic E-state index is 12.7. The fourth-order valence-corrected chi connectivity index (χ4v) is 3.95. The van der Waals surface area contributed by atoms with E-state index < -0.39 is 0 Å². The predicted molar refractivity (Wildman–Crippen MR) is 136 cm³/mol. The topological polar surface area (TPSA) is 70.7 Å². The highest BCUT2D eigenvalue weighted by Crippen LogP contribution is 2.20. The van der Waals surface area contributed by atoms with Crippen molar-refractivity contribution in [2.24, 2.45) is 5.92 Å². The molecule has 7 heteroatoms. The average Bonchev–Trinajstić information content (AvgIpc) is 2.82. The molecule has 3 rings (SSSR count). The second-order valence-corrected chi connectivity index (χ2v) is 8.92. The van der Waals surface area contributed by atoms with Gasteiger partial charge in [-0.15, -0.1) is 0 Å². The number of nitrogens with zero attached hydrogens (tertiary/aromatic N) is 1. The quantitative estimate of drug-likeness (QED) is 0.410. The van der Waals surface area contributed by atoms with E-state index in [1.165, 1.54) is 0 Å².